The largest absolute Gasteiger partial charge is 0.491 e. The molecule has 1 aromatic heterocycles. The highest BCUT2D eigenvalue weighted by molar-refractivity contribution is 5.63. The summed E-state index contributed by atoms with van der Waals surface area (Å²) in [6.07, 6.45) is 1.50. The molecule has 0 unspecified atom stereocenters. The third-order valence-corrected chi connectivity index (χ3v) is 5.43. The number of benzene rings is 2. The molecular formula is C24H29N3O2+2. The predicted octanol–water partition coefficient (Wildman–Crippen LogP) is 1.31. The topological polar surface area (TPSA) is 51.3 Å². The number of quaternary nitrogens is 1. The molecule has 4 rings (SSSR count). The first-order chi connectivity index (χ1) is 14.3. The molecule has 0 amide bonds. The number of aromatic nitrogens is 1. The Hall–Kier alpha value is -2.89. The van der Waals surface area contributed by atoms with Crippen molar-refractivity contribution in [3.8, 4) is 16.9 Å². The van der Waals surface area contributed by atoms with Crippen molar-refractivity contribution >= 4 is 5.82 Å². The first-order valence-corrected chi connectivity index (χ1v) is 10.3. The number of nitrogens with one attached hydrogen (secondary N) is 2. The molecule has 3 N–H and O–H groups in total. The molecule has 29 heavy (non-hydrogen) atoms. The number of aliphatic hydroxyl groups excluding tert-OH is 1. The minimum Gasteiger partial charge on any atom is -0.491 e. The van der Waals surface area contributed by atoms with E-state index in [1.54, 1.807) is 0 Å². The van der Waals surface area contributed by atoms with Crippen molar-refractivity contribution in [1.29, 1.82) is 0 Å². The van der Waals surface area contributed by atoms with E-state index >= 15 is 0 Å². The summed E-state index contributed by atoms with van der Waals surface area (Å²) in [4.78, 5) is 7.08. The molecule has 1 aliphatic heterocycles. The smallest absolute Gasteiger partial charge is 0.274 e. The lowest BCUT2D eigenvalue weighted by Crippen LogP contribution is -3.16. The number of hydrogen-bond acceptors (Lipinski definition) is 3. The Balaban J connectivity index is 1.21. The lowest BCUT2D eigenvalue weighted by Gasteiger charge is -2.29. The number of piperazine rings is 1. The molecule has 1 aliphatic rings. The van der Waals surface area contributed by atoms with Gasteiger partial charge in [0.2, 0.25) is 0 Å². The number of aromatic amines is 1. The zero-order valence-electron chi connectivity index (χ0n) is 16.6. The normalized spacial score (nSPS) is 15.8. The van der Waals surface area contributed by atoms with Crippen LogP contribution in [0, 0.1) is 0 Å². The van der Waals surface area contributed by atoms with Gasteiger partial charge in [-0.3, -0.25) is 4.90 Å². The summed E-state index contributed by atoms with van der Waals surface area (Å²) in [7, 11) is 0. The third-order valence-electron chi connectivity index (χ3n) is 5.43. The SMILES string of the molecule is O[C@H](COc1ccc(-c2ccccc2)cc1)C[NH+]1CCN(c2cccc[nH+]2)CC1. The second-order valence-corrected chi connectivity index (χ2v) is 7.54. The minimum absolute atomic E-state index is 0.324. The van der Waals surface area contributed by atoms with E-state index in [2.05, 4.69) is 46.3 Å². The Labute approximate surface area is 172 Å². The molecule has 0 radical (unpaired) electrons. The lowest BCUT2D eigenvalue weighted by atomic mass is 10.1. The maximum Gasteiger partial charge on any atom is 0.274 e. The third kappa shape index (κ3) is 5.34. The second-order valence-electron chi connectivity index (χ2n) is 7.54. The number of rotatable bonds is 7. The van der Waals surface area contributed by atoms with Gasteiger partial charge in [0, 0.05) is 6.07 Å². The van der Waals surface area contributed by atoms with Crippen molar-refractivity contribution in [2.24, 2.45) is 0 Å². The summed E-state index contributed by atoms with van der Waals surface area (Å²) in [5.41, 5.74) is 2.35. The van der Waals surface area contributed by atoms with E-state index in [0.29, 0.717) is 13.2 Å². The maximum atomic E-state index is 10.4. The molecular weight excluding hydrogens is 362 g/mol. The molecule has 0 bridgehead atoms. The van der Waals surface area contributed by atoms with Crippen LogP contribution in [0.25, 0.3) is 11.1 Å². The van der Waals surface area contributed by atoms with Crippen molar-refractivity contribution in [2.45, 2.75) is 6.10 Å². The van der Waals surface area contributed by atoms with Crippen LogP contribution >= 0.6 is 0 Å². The van der Waals surface area contributed by atoms with Crippen molar-refractivity contribution in [2.75, 3.05) is 44.2 Å². The molecule has 5 nitrogen and oxygen atoms in total. The fourth-order valence-corrected chi connectivity index (χ4v) is 3.81. The summed E-state index contributed by atoms with van der Waals surface area (Å²) in [6, 6.07) is 24.5. The van der Waals surface area contributed by atoms with Gasteiger partial charge in [0.15, 0.2) is 0 Å². The molecule has 0 spiro atoms. The van der Waals surface area contributed by atoms with Gasteiger partial charge in [-0.2, -0.15) is 0 Å². The molecule has 2 heterocycles. The molecule has 0 aliphatic carbocycles. The zero-order chi connectivity index (χ0) is 19.9. The Bertz CT molecular complexity index is 864. The quantitative estimate of drug-likeness (QED) is 0.639. The maximum absolute atomic E-state index is 10.4. The molecule has 3 aromatic rings. The minimum atomic E-state index is -0.464. The van der Waals surface area contributed by atoms with Crippen LogP contribution < -0.4 is 19.5 Å². The van der Waals surface area contributed by atoms with Crippen LogP contribution in [0.2, 0.25) is 0 Å². The van der Waals surface area contributed by atoms with E-state index in [4.69, 9.17) is 4.74 Å². The van der Waals surface area contributed by atoms with Crippen LogP contribution in [0.1, 0.15) is 0 Å². The van der Waals surface area contributed by atoms with Gasteiger partial charge >= 0.3 is 0 Å². The molecule has 2 aromatic carbocycles. The van der Waals surface area contributed by atoms with E-state index < -0.39 is 6.10 Å². The monoisotopic (exact) mass is 391 g/mol. The summed E-state index contributed by atoms with van der Waals surface area (Å²) in [6.45, 7) is 5.06. The number of aliphatic hydroxyl groups is 1. The van der Waals surface area contributed by atoms with Gasteiger partial charge in [0.05, 0.1) is 6.20 Å². The average Bonchev–Trinajstić information content (AvgIpc) is 2.80. The highest BCUT2D eigenvalue weighted by atomic mass is 16.5. The fraction of sp³-hybridized carbons (Fsp3) is 0.292. The lowest BCUT2D eigenvalue weighted by molar-refractivity contribution is -0.903. The van der Waals surface area contributed by atoms with Gasteiger partial charge in [-0.05, 0) is 29.3 Å². The number of hydrogen-bond donors (Lipinski definition) is 2. The van der Waals surface area contributed by atoms with E-state index in [-0.39, 0.29) is 0 Å². The molecule has 1 atom stereocenters. The highest BCUT2D eigenvalue weighted by Gasteiger charge is 2.27. The van der Waals surface area contributed by atoms with Crippen LogP contribution in [-0.2, 0) is 0 Å². The summed E-state index contributed by atoms with van der Waals surface area (Å²) in [5.74, 6) is 1.96. The van der Waals surface area contributed by atoms with E-state index in [0.717, 1.165) is 43.3 Å². The summed E-state index contributed by atoms with van der Waals surface area (Å²) in [5, 5.41) is 10.4. The first-order valence-electron chi connectivity index (χ1n) is 10.3. The van der Waals surface area contributed by atoms with E-state index in [9.17, 15) is 5.11 Å². The van der Waals surface area contributed by atoms with Gasteiger partial charge in [0.1, 0.15) is 51.2 Å². The Kier molecular flexibility index (Phi) is 6.39. The van der Waals surface area contributed by atoms with E-state index in [1.807, 2.05) is 42.6 Å². The molecule has 0 saturated carbocycles. The summed E-state index contributed by atoms with van der Waals surface area (Å²) >= 11 is 0. The zero-order valence-corrected chi connectivity index (χ0v) is 16.6. The van der Waals surface area contributed by atoms with Crippen LogP contribution in [-0.4, -0.2) is 50.5 Å². The molecule has 1 saturated heterocycles. The fourth-order valence-electron chi connectivity index (χ4n) is 3.81. The van der Waals surface area contributed by atoms with Gasteiger partial charge in [0.25, 0.3) is 5.82 Å². The summed E-state index contributed by atoms with van der Waals surface area (Å²) < 4.78 is 5.81. The van der Waals surface area contributed by atoms with Crippen molar-refractivity contribution in [3.63, 3.8) is 0 Å². The van der Waals surface area contributed by atoms with Crippen molar-refractivity contribution < 1.29 is 19.7 Å². The van der Waals surface area contributed by atoms with Crippen LogP contribution in [0.4, 0.5) is 5.82 Å². The Morgan fingerprint density at radius 3 is 2.28 bits per heavy atom. The van der Waals surface area contributed by atoms with Crippen LogP contribution in [0.3, 0.4) is 0 Å². The number of H-pyrrole nitrogens is 1. The van der Waals surface area contributed by atoms with Crippen molar-refractivity contribution in [1.82, 2.24) is 0 Å². The average molecular weight is 392 g/mol. The number of anilines is 1. The highest BCUT2D eigenvalue weighted by Crippen LogP contribution is 2.22. The molecule has 1 fully saturated rings. The number of pyridine rings is 1. The molecule has 5 heteroatoms. The van der Waals surface area contributed by atoms with E-state index in [1.165, 1.54) is 10.5 Å². The predicted molar refractivity (Wildman–Crippen MR) is 114 cm³/mol. The second kappa shape index (κ2) is 9.54. The van der Waals surface area contributed by atoms with Crippen molar-refractivity contribution in [3.05, 3.63) is 79.0 Å². The van der Waals surface area contributed by atoms with Crippen LogP contribution in [0.15, 0.2) is 79.0 Å². The number of nitrogens with zero attached hydrogens (tertiary/aromatic N) is 1. The van der Waals surface area contributed by atoms with Gasteiger partial charge in [-0.1, -0.05) is 48.5 Å². The van der Waals surface area contributed by atoms with Crippen LogP contribution in [0.5, 0.6) is 5.75 Å². The van der Waals surface area contributed by atoms with Gasteiger partial charge < -0.3 is 14.7 Å². The van der Waals surface area contributed by atoms with Gasteiger partial charge in [-0.15, -0.1) is 0 Å². The molecule has 150 valence electrons. The standard InChI is InChI=1S/C24H27N3O2/c28-22(18-26-14-16-27(17-15-26)24-8-4-5-13-25-24)19-29-23-11-9-21(10-12-23)20-6-2-1-3-7-20/h1-13,22,28H,14-19H2/p+2/t22-/m0/s1. The Morgan fingerprint density at radius 1 is 0.897 bits per heavy atom. The van der Waals surface area contributed by atoms with Gasteiger partial charge in [-0.25, -0.2) is 4.98 Å². The first kappa shape index (κ1) is 19.4. The Morgan fingerprint density at radius 2 is 1.59 bits per heavy atom. The number of ether oxygens (including phenoxy) is 1.